The van der Waals surface area contributed by atoms with Gasteiger partial charge in [0.25, 0.3) is 0 Å². The van der Waals surface area contributed by atoms with Crippen molar-refractivity contribution in [2.45, 2.75) is 117 Å². The highest BCUT2D eigenvalue weighted by atomic mass is 28.4. The average molecular weight is 428 g/mol. The van der Waals surface area contributed by atoms with Crippen LogP contribution in [0.15, 0.2) is 11.6 Å². The van der Waals surface area contributed by atoms with Gasteiger partial charge in [0.05, 0.1) is 18.2 Å². The zero-order valence-corrected chi connectivity index (χ0v) is 21.5. The highest BCUT2D eigenvalue weighted by molar-refractivity contribution is 6.71. The zero-order chi connectivity index (χ0) is 22.5. The summed E-state index contributed by atoms with van der Waals surface area (Å²) in [6.45, 7) is 21.0. The third-order valence-electron chi connectivity index (χ3n) is 4.65. The van der Waals surface area contributed by atoms with Gasteiger partial charge in [0, 0.05) is 6.10 Å². The summed E-state index contributed by atoms with van der Waals surface area (Å²) in [5.74, 6) is 0.535. The van der Waals surface area contributed by atoms with Crippen molar-refractivity contribution >= 4 is 14.4 Å². The fourth-order valence-electron chi connectivity index (χ4n) is 3.86. The molecule has 1 saturated carbocycles. The first-order chi connectivity index (χ1) is 13.1. The lowest BCUT2D eigenvalue weighted by atomic mass is 10.0. The minimum absolute atomic E-state index is 0.199. The van der Waals surface area contributed by atoms with E-state index in [1.54, 1.807) is 0 Å². The molecule has 0 aromatic carbocycles. The van der Waals surface area contributed by atoms with E-state index in [-0.39, 0.29) is 17.7 Å². The number of amides is 1. The molecule has 1 rings (SSSR count). The van der Waals surface area contributed by atoms with Gasteiger partial charge < -0.3 is 19.2 Å². The second-order valence-corrected chi connectivity index (χ2v) is 15.3. The molecular weight excluding hydrogens is 382 g/mol. The van der Waals surface area contributed by atoms with Crippen LogP contribution in [0.4, 0.5) is 4.79 Å². The number of hydrogen-bond acceptors (Lipinski definition) is 4. The molecule has 0 aromatic heterocycles. The van der Waals surface area contributed by atoms with Crippen LogP contribution in [-0.2, 0) is 13.9 Å². The molecule has 1 fully saturated rings. The predicted molar refractivity (Wildman–Crippen MR) is 123 cm³/mol. The molecule has 1 aliphatic rings. The monoisotopic (exact) mass is 427 g/mol. The van der Waals surface area contributed by atoms with Crippen LogP contribution >= 0.6 is 0 Å². The molecule has 0 spiro atoms. The van der Waals surface area contributed by atoms with E-state index >= 15 is 0 Å². The summed E-state index contributed by atoms with van der Waals surface area (Å²) in [4.78, 5) is 12.4. The van der Waals surface area contributed by atoms with Gasteiger partial charge in [-0.3, -0.25) is 0 Å². The Hall–Kier alpha value is -0.853. The summed E-state index contributed by atoms with van der Waals surface area (Å²) in [7, 11) is -1.72. The maximum Gasteiger partial charge on any atom is 0.408 e. The minimum atomic E-state index is -1.72. The molecule has 2 atom stereocenters. The Morgan fingerprint density at radius 2 is 1.79 bits per heavy atom. The number of nitrogens with one attached hydrogen (secondary N) is 1. The third kappa shape index (κ3) is 11.8. The number of carbonyl (C=O) groups excluding carboxylic acids is 1. The van der Waals surface area contributed by atoms with Crippen LogP contribution < -0.4 is 5.32 Å². The lowest BCUT2D eigenvalue weighted by Gasteiger charge is -2.30. The van der Waals surface area contributed by atoms with Crippen LogP contribution in [0.1, 0.15) is 74.7 Å². The molecule has 0 aromatic rings. The first kappa shape index (κ1) is 26.2. The summed E-state index contributed by atoms with van der Waals surface area (Å²) in [6, 6.07) is 0.923. The van der Waals surface area contributed by atoms with E-state index in [9.17, 15) is 4.79 Å². The van der Waals surface area contributed by atoms with Gasteiger partial charge in [-0.15, -0.1) is 0 Å². The predicted octanol–water partition coefficient (Wildman–Crippen LogP) is 6.05. The van der Waals surface area contributed by atoms with Crippen molar-refractivity contribution in [1.29, 1.82) is 0 Å². The summed E-state index contributed by atoms with van der Waals surface area (Å²) >= 11 is 0. The van der Waals surface area contributed by atoms with E-state index in [4.69, 9.17) is 13.9 Å². The van der Waals surface area contributed by atoms with E-state index in [2.05, 4.69) is 38.3 Å². The van der Waals surface area contributed by atoms with Crippen LogP contribution in [0.25, 0.3) is 0 Å². The summed E-state index contributed by atoms with van der Waals surface area (Å²) < 4.78 is 17.7. The van der Waals surface area contributed by atoms with E-state index in [1.165, 1.54) is 18.4 Å². The smallest absolute Gasteiger partial charge is 0.408 e. The number of ether oxygens (including phenoxy) is 2. The Morgan fingerprint density at radius 3 is 2.31 bits per heavy atom. The molecule has 170 valence electrons. The van der Waals surface area contributed by atoms with Crippen molar-refractivity contribution in [3.05, 3.63) is 11.6 Å². The Labute approximate surface area is 180 Å². The Bertz CT molecular complexity index is 558. The molecular formula is C23H45NO4Si. The van der Waals surface area contributed by atoms with Gasteiger partial charge in [-0.2, -0.15) is 0 Å². The van der Waals surface area contributed by atoms with Crippen LogP contribution in [0, 0.1) is 5.92 Å². The summed E-state index contributed by atoms with van der Waals surface area (Å²) in [5, 5.41) is 3.01. The number of allylic oxidation sites excluding steroid dienone is 1. The first-order valence-electron chi connectivity index (χ1n) is 11.1. The summed E-state index contributed by atoms with van der Waals surface area (Å²) in [5.41, 5.74) is 0.643. The van der Waals surface area contributed by atoms with Gasteiger partial charge in [-0.05, 0) is 99.7 Å². The fourth-order valence-corrected chi connectivity index (χ4v) is 6.89. The topological polar surface area (TPSA) is 56.8 Å². The SMILES string of the molecule is CC(C)O[Si](C)(C)C[C@H]1CCC/C1=C/[C@H](COC(C)(C)C)NC(=O)OC(C)(C)C. The number of alkyl carbamates (subject to hydrolysis) is 1. The van der Waals surface area contributed by atoms with Crippen molar-refractivity contribution in [3.63, 3.8) is 0 Å². The van der Waals surface area contributed by atoms with Crippen molar-refractivity contribution in [2.24, 2.45) is 5.92 Å². The Kier molecular flexibility index (Phi) is 9.43. The van der Waals surface area contributed by atoms with Crippen LogP contribution in [0.5, 0.6) is 0 Å². The second-order valence-electron chi connectivity index (χ2n) is 11.1. The minimum Gasteiger partial charge on any atom is -0.444 e. The summed E-state index contributed by atoms with van der Waals surface area (Å²) in [6.07, 6.45) is 5.56. The van der Waals surface area contributed by atoms with E-state index in [0.29, 0.717) is 12.5 Å². The van der Waals surface area contributed by atoms with Crippen molar-refractivity contribution in [3.8, 4) is 0 Å². The van der Waals surface area contributed by atoms with Gasteiger partial charge in [-0.25, -0.2) is 4.79 Å². The fraction of sp³-hybridized carbons (Fsp3) is 0.870. The highest BCUT2D eigenvalue weighted by Gasteiger charge is 2.33. The molecule has 0 heterocycles. The van der Waals surface area contributed by atoms with Crippen LogP contribution in [-0.4, -0.2) is 44.4 Å². The molecule has 1 N–H and O–H groups in total. The average Bonchev–Trinajstić information content (AvgIpc) is 2.86. The second kappa shape index (κ2) is 10.4. The van der Waals surface area contributed by atoms with Crippen molar-refractivity contribution in [2.75, 3.05) is 6.61 Å². The number of carbonyl (C=O) groups is 1. The molecule has 6 heteroatoms. The van der Waals surface area contributed by atoms with E-state index < -0.39 is 20.0 Å². The molecule has 0 unspecified atom stereocenters. The lowest BCUT2D eigenvalue weighted by Crippen LogP contribution is -2.42. The molecule has 29 heavy (non-hydrogen) atoms. The first-order valence-corrected chi connectivity index (χ1v) is 14.2. The lowest BCUT2D eigenvalue weighted by molar-refractivity contribution is -0.0116. The zero-order valence-electron chi connectivity index (χ0n) is 20.5. The van der Waals surface area contributed by atoms with Gasteiger partial charge in [-0.1, -0.05) is 11.6 Å². The number of rotatable bonds is 8. The van der Waals surface area contributed by atoms with Crippen LogP contribution in [0.3, 0.4) is 0 Å². The van der Waals surface area contributed by atoms with E-state index in [0.717, 1.165) is 12.5 Å². The van der Waals surface area contributed by atoms with Gasteiger partial charge in [0.15, 0.2) is 8.32 Å². The third-order valence-corrected chi connectivity index (χ3v) is 7.23. The van der Waals surface area contributed by atoms with Crippen molar-refractivity contribution in [1.82, 2.24) is 5.32 Å². The van der Waals surface area contributed by atoms with Crippen molar-refractivity contribution < 1.29 is 18.7 Å². The molecule has 1 amide bonds. The normalized spacial score (nSPS) is 20.9. The maximum absolute atomic E-state index is 12.4. The van der Waals surface area contributed by atoms with Crippen LogP contribution in [0.2, 0.25) is 19.1 Å². The van der Waals surface area contributed by atoms with Gasteiger partial charge in [0.1, 0.15) is 5.60 Å². The molecule has 1 aliphatic carbocycles. The molecule has 0 radical (unpaired) electrons. The highest BCUT2D eigenvalue weighted by Crippen LogP contribution is 2.38. The van der Waals surface area contributed by atoms with Gasteiger partial charge in [0.2, 0.25) is 0 Å². The Balaban J connectivity index is 2.91. The largest absolute Gasteiger partial charge is 0.444 e. The molecule has 0 bridgehead atoms. The number of hydrogen-bond donors (Lipinski definition) is 1. The maximum atomic E-state index is 12.4. The molecule has 5 nitrogen and oxygen atoms in total. The molecule has 0 saturated heterocycles. The molecule has 0 aliphatic heterocycles. The quantitative estimate of drug-likeness (QED) is 0.378. The Morgan fingerprint density at radius 1 is 1.17 bits per heavy atom. The van der Waals surface area contributed by atoms with Gasteiger partial charge >= 0.3 is 6.09 Å². The standard InChI is InChI=1S/C23H45NO4Si/c1-17(2)28-29(9,10)16-19-13-11-12-18(19)14-20(15-26-22(3,4)5)24-21(25)27-23(6,7)8/h14,17,19-20H,11-13,15-16H2,1-10H3,(H,24,25)/b18-14-/t19-,20-/m1/s1. The van der Waals surface area contributed by atoms with E-state index in [1.807, 2.05) is 41.5 Å².